The summed E-state index contributed by atoms with van der Waals surface area (Å²) < 4.78 is 0. The van der Waals surface area contributed by atoms with Gasteiger partial charge in [-0.1, -0.05) is 13.8 Å². The van der Waals surface area contributed by atoms with Crippen molar-refractivity contribution in [3.63, 3.8) is 0 Å². The number of nitrogens with zero attached hydrogens (tertiary/aromatic N) is 4. The largest absolute Gasteiger partial charge is 0.396 e. The Morgan fingerprint density at radius 2 is 1.86 bits per heavy atom. The summed E-state index contributed by atoms with van der Waals surface area (Å²) in [6.45, 7) is 6.85. The summed E-state index contributed by atoms with van der Waals surface area (Å²) in [4.78, 5) is 14.9. The van der Waals surface area contributed by atoms with Crippen LogP contribution in [0.1, 0.15) is 39.5 Å². The molecule has 21 heavy (non-hydrogen) atoms. The third-order valence-electron chi connectivity index (χ3n) is 4.44. The molecule has 0 atom stereocenters. The van der Waals surface area contributed by atoms with Gasteiger partial charge in [-0.15, -0.1) is 0 Å². The number of rotatable bonds is 7. The molecule has 1 saturated heterocycles. The van der Waals surface area contributed by atoms with Crippen molar-refractivity contribution in [1.29, 1.82) is 0 Å². The molecule has 0 aliphatic carbocycles. The predicted molar refractivity (Wildman–Crippen MR) is 84.9 cm³/mol. The molecule has 1 aromatic heterocycles. The molecule has 0 unspecified atom stereocenters. The smallest absolute Gasteiger partial charge is 0.231 e. The average Bonchev–Trinajstić information content (AvgIpc) is 3.03. The van der Waals surface area contributed by atoms with Crippen molar-refractivity contribution >= 4 is 23.5 Å². The van der Waals surface area contributed by atoms with E-state index in [4.69, 9.17) is 11.6 Å². The quantitative estimate of drug-likeness (QED) is 0.805. The monoisotopic (exact) mass is 313 g/mol. The number of aliphatic hydroxyl groups excluding tert-OH is 1. The van der Waals surface area contributed by atoms with Gasteiger partial charge in [-0.05, 0) is 37.3 Å². The highest BCUT2D eigenvalue weighted by Crippen LogP contribution is 2.26. The Balaban J connectivity index is 2.09. The molecule has 0 aromatic carbocycles. The van der Waals surface area contributed by atoms with Gasteiger partial charge in [-0.25, -0.2) is 0 Å². The number of anilines is 2. The van der Waals surface area contributed by atoms with Crippen molar-refractivity contribution in [3.8, 4) is 0 Å². The number of hydrogen-bond acceptors (Lipinski definition) is 6. The Hall–Kier alpha value is -1.14. The molecule has 0 bridgehead atoms. The van der Waals surface area contributed by atoms with Crippen LogP contribution in [-0.4, -0.2) is 46.3 Å². The van der Waals surface area contributed by atoms with Gasteiger partial charge in [0.15, 0.2) is 0 Å². The second kappa shape index (κ2) is 7.22. The van der Waals surface area contributed by atoms with Crippen molar-refractivity contribution < 1.29 is 5.11 Å². The first kappa shape index (κ1) is 16.2. The number of aromatic nitrogens is 3. The standard InChI is InChI=1S/C14H24ClN5O/c1-3-14(4-2,10-21)9-16-12-17-11(15)18-13(19-12)20-7-5-6-8-20/h21H,3-10H2,1-2H3,(H,16,17,18,19). The Kier molecular flexibility index (Phi) is 5.58. The normalized spacial score (nSPS) is 15.5. The SMILES string of the molecule is CCC(CC)(CO)CNc1nc(Cl)nc(N2CCCC2)n1. The van der Waals surface area contributed by atoms with E-state index in [1.54, 1.807) is 0 Å². The summed E-state index contributed by atoms with van der Waals surface area (Å²) in [5, 5.41) is 13.0. The van der Waals surface area contributed by atoms with Gasteiger partial charge in [0.05, 0.1) is 6.61 Å². The lowest BCUT2D eigenvalue weighted by Gasteiger charge is -2.29. The highest BCUT2D eigenvalue weighted by Gasteiger charge is 2.25. The Morgan fingerprint density at radius 3 is 2.43 bits per heavy atom. The molecule has 0 saturated carbocycles. The van der Waals surface area contributed by atoms with E-state index in [1.807, 2.05) is 0 Å². The molecule has 2 rings (SSSR count). The second-order valence-electron chi connectivity index (χ2n) is 5.64. The van der Waals surface area contributed by atoms with Gasteiger partial charge < -0.3 is 15.3 Å². The Labute approximate surface area is 131 Å². The van der Waals surface area contributed by atoms with Crippen molar-refractivity contribution in [2.75, 3.05) is 36.5 Å². The molecule has 0 spiro atoms. The predicted octanol–water partition coefficient (Wildman–Crippen LogP) is 2.34. The van der Waals surface area contributed by atoms with Crippen LogP contribution < -0.4 is 10.2 Å². The summed E-state index contributed by atoms with van der Waals surface area (Å²) in [5.74, 6) is 1.12. The van der Waals surface area contributed by atoms with Crippen LogP contribution in [-0.2, 0) is 0 Å². The number of halogens is 1. The lowest BCUT2D eigenvalue weighted by molar-refractivity contribution is 0.127. The second-order valence-corrected chi connectivity index (χ2v) is 5.98. The molecule has 1 aliphatic rings. The molecule has 1 aromatic rings. The highest BCUT2D eigenvalue weighted by molar-refractivity contribution is 6.28. The van der Waals surface area contributed by atoms with E-state index < -0.39 is 0 Å². The third kappa shape index (κ3) is 3.95. The van der Waals surface area contributed by atoms with Gasteiger partial charge in [0, 0.05) is 25.0 Å². The van der Waals surface area contributed by atoms with E-state index in [1.165, 1.54) is 0 Å². The summed E-state index contributed by atoms with van der Waals surface area (Å²) >= 11 is 6.00. The van der Waals surface area contributed by atoms with E-state index in [0.717, 1.165) is 38.8 Å². The van der Waals surface area contributed by atoms with Crippen LogP contribution in [0, 0.1) is 5.41 Å². The first-order valence-electron chi connectivity index (χ1n) is 7.63. The van der Waals surface area contributed by atoms with E-state index in [9.17, 15) is 5.11 Å². The van der Waals surface area contributed by atoms with Crippen LogP contribution in [0.2, 0.25) is 5.28 Å². The number of aliphatic hydroxyl groups is 1. The van der Waals surface area contributed by atoms with Gasteiger partial charge in [-0.3, -0.25) is 0 Å². The Morgan fingerprint density at radius 1 is 1.19 bits per heavy atom. The first-order valence-corrected chi connectivity index (χ1v) is 8.01. The fraction of sp³-hybridized carbons (Fsp3) is 0.786. The van der Waals surface area contributed by atoms with Gasteiger partial charge in [-0.2, -0.15) is 15.0 Å². The van der Waals surface area contributed by atoms with E-state index in [0.29, 0.717) is 18.4 Å². The molecule has 2 heterocycles. The van der Waals surface area contributed by atoms with Gasteiger partial charge in [0.1, 0.15) is 0 Å². The summed E-state index contributed by atoms with van der Waals surface area (Å²) in [6, 6.07) is 0. The van der Waals surface area contributed by atoms with Crippen molar-refractivity contribution in [3.05, 3.63) is 5.28 Å². The minimum atomic E-state index is -0.146. The minimum absolute atomic E-state index is 0.144. The molecule has 0 amide bonds. The number of nitrogens with one attached hydrogen (secondary N) is 1. The third-order valence-corrected chi connectivity index (χ3v) is 4.61. The van der Waals surface area contributed by atoms with Crippen molar-refractivity contribution in [2.45, 2.75) is 39.5 Å². The lowest BCUT2D eigenvalue weighted by Crippen LogP contribution is -2.33. The van der Waals surface area contributed by atoms with Crippen molar-refractivity contribution in [2.24, 2.45) is 5.41 Å². The summed E-state index contributed by atoms with van der Waals surface area (Å²) in [6.07, 6.45) is 4.10. The van der Waals surface area contributed by atoms with Crippen LogP contribution in [0.4, 0.5) is 11.9 Å². The fourth-order valence-corrected chi connectivity index (χ4v) is 2.68. The summed E-state index contributed by atoms with van der Waals surface area (Å²) in [7, 11) is 0. The maximum Gasteiger partial charge on any atom is 0.231 e. The molecule has 1 fully saturated rings. The number of hydrogen-bond donors (Lipinski definition) is 2. The Bertz CT molecular complexity index is 452. The van der Waals surface area contributed by atoms with Crippen LogP contribution >= 0.6 is 11.6 Å². The van der Waals surface area contributed by atoms with E-state index >= 15 is 0 Å². The zero-order valence-corrected chi connectivity index (χ0v) is 13.5. The molecule has 1 aliphatic heterocycles. The zero-order valence-electron chi connectivity index (χ0n) is 12.8. The molecule has 7 heteroatoms. The van der Waals surface area contributed by atoms with Crippen LogP contribution in [0.25, 0.3) is 0 Å². The molecule has 6 nitrogen and oxygen atoms in total. The first-order chi connectivity index (χ1) is 10.1. The van der Waals surface area contributed by atoms with Crippen LogP contribution in [0.5, 0.6) is 0 Å². The van der Waals surface area contributed by atoms with E-state index in [-0.39, 0.29) is 17.3 Å². The van der Waals surface area contributed by atoms with Crippen molar-refractivity contribution in [1.82, 2.24) is 15.0 Å². The highest BCUT2D eigenvalue weighted by atomic mass is 35.5. The van der Waals surface area contributed by atoms with Crippen LogP contribution in [0.15, 0.2) is 0 Å². The topological polar surface area (TPSA) is 74.2 Å². The van der Waals surface area contributed by atoms with Gasteiger partial charge in [0.2, 0.25) is 17.2 Å². The fourth-order valence-electron chi connectivity index (χ4n) is 2.52. The lowest BCUT2D eigenvalue weighted by atomic mass is 9.83. The average molecular weight is 314 g/mol. The van der Waals surface area contributed by atoms with E-state index in [2.05, 4.69) is 39.0 Å². The van der Waals surface area contributed by atoms with Gasteiger partial charge >= 0.3 is 0 Å². The maximum absolute atomic E-state index is 9.61. The molecule has 2 N–H and O–H groups in total. The van der Waals surface area contributed by atoms with Gasteiger partial charge in [0.25, 0.3) is 0 Å². The maximum atomic E-state index is 9.61. The molecule has 0 radical (unpaired) electrons. The summed E-state index contributed by atoms with van der Waals surface area (Å²) in [5.41, 5.74) is -0.146. The minimum Gasteiger partial charge on any atom is -0.396 e. The molecular formula is C14H24ClN5O. The van der Waals surface area contributed by atoms with Crippen LogP contribution in [0.3, 0.4) is 0 Å². The molecule has 118 valence electrons. The molecular weight excluding hydrogens is 290 g/mol. The zero-order chi connectivity index (χ0) is 15.3.